The summed E-state index contributed by atoms with van der Waals surface area (Å²) in [6.45, 7) is 3.27. The minimum atomic E-state index is -0.388. The third-order valence-corrected chi connectivity index (χ3v) is 6.65. The van der Waals surface area contributed by atoms with E-state index in [1.54, 1.807) is 6.20 Å². The second-order valence-electron chi connectivity index (χ2n) is 9.36. The van der Waals surface area contributed by atoms with Gasteiger partial charge in [0.05, 0.1) is 24.9 Å². The van der Waals surface area contributed by atoms with Gasteiger partial charge < -0.3 is 25.0 Å². The molecule has 3 N–H and O–H groups in total. The quantitative estimate of drug-likeness (QED) is 0.588. The molecule has 2 amide bonds. The number of nitrogens with one attached hydrogen (secondary N) is 3. The number of amides is 2. The van der Waals surface area contributed by atoms with Gasteiger partial charge in [0.25, 0.3) is 0 Å². The molecule has 1 aliphatic carbocycles. The molecule has 0 unspecified atom stereocenters. The van der Waals surface area contributed by atoms with Crippen molar-refractivity contribution in [2.24, 2.45) is 0 Å². The molecule has 10 nitrogen and oxygen atoms in total. The number of ether oxygens (including phenoxy) is 2. The summed E-state index contributed by atoms with van der Waals surface area (Å²) in [5.74, 6) is 0.620. The molecule has 2 aromatic rings. The van der Waals surface area contributed by atoms with E-state index < -0.39 is 0 Å². The molecule has 2 aromatic heterocycles. The van der Waals surface area contributed by atoms with Crippen LogP contribution in [-0.2, 0) is 14.3 Å². The Bertz CT molecular complexity index is 992. The molecule has 3 fully saturated rings. The van der Waals surface area contributed by atoms with E-state index in [2.05, 4.69) is 25.8 Å². The first kappa shape index (κ1) is 21.7. The number of likely N-dealkylation sites (tertiary alicyclic amines) is 1. The zero-order chi connectivity index (χ0) is 22.8. The number of aromatic amines is 1. The maximum atomic E-state index is 12.8. The number of hydrogen-bond donors (Lipinski definition) is 3. The Labute approximate surface area is 192 Å². The lowest BCUT2D eigenvalue weighted by atomic mass is 10.1. The zero-order valence-electron chi connectivity index (χ0n) is 18.8. The number of rotatable bonds is 7. The smallest absolute Gasteiger partial charge is 0.407 e. The van der Waals surface area contributed by atoms with Gasteiger partial charge in [-0.15, -0.1) is 0 Å². The van der Waals surface area contributed by atoms with Gasteiger partial charge in [0.15, 0.2) is 0 Å². The number of carbonyl (C=O) groups is 2. The zero-order valence-corrected chi connectivity index (χ0v) is 18.8. The van der Waals surface area contributed by atoms with Crippen LogP contribution >= 0.6 is 0 Å². The SMILES string of the molecule is CC1(NC(=O)O[C@H]2CO[C@@H](c3cc(NCC(=O)N4CCC[C@@H]4c4cccnc4)n[nH]3)C2)CC1. The molecule has 2 aliphatic heterocycles. The van der Waals surface area contributed by atoms with E-state index in [9.17, 15) is 9.59 Å². The Morgan fingerprint density at radius 3 is 3.06 bits per heavy atom. The van der Waals surface area contributed by atoms with Gasteiger partial charge in [0.2, 0.25) is 5.91 Å². The largest absolute Gasteiger partial charge is 0.444 e. The summed E-state index contributed by atoms with van der Waals surface area (Å²) in [5, 5.41) is 13.2. The molecule has 0 spiro atoms. The fourth-order valence-electron chi connectivity index (χ4n) is 4.48. The van der Waals surface area contributed by atoms with Crippen molar-refractivity contribution >= 4 is 17.8 Å². The lowest BCUT2D eigenvalue weighted by Gasteiger charge is -2.25. The number of carbonyl (C=O) groups excluding carboxylic acids is 2. The highest BCUT2D eigenvalue weighted by Crippen LogP contribution is 2.35. The van der Waals surface area contributed by atoms with Crippen molar-refractivity contribution in [1.82, 2.24) is 25.4 Å². The van der Waals surface area contributed by atoms with E-state index >= 15 is 0 Å². The van der Waals surface area contributed by atoms with Crippen LogP contribution in [0.2, 0.25) is 0 Å². The third kappa shape index (κ3) is 5.11. The first-order valence-corrected chi connectivity index (χ1v) is 11.6. The highest BCUT2D eigenvalue weighted by Gasteiger charge is 2.40. The lowest BCUT2D eigenvalue weighted by molar-refractivity contribution is -0.130. The Hall–Kier alpha value is -3.14. The van der Waals surface area contributed by atoms with Crippen LogP contribution in [0, 0.1) is 0 Å². The van der Waals surface area contributed by atoms with E-state index in [-0.39, 0.29) is 42.3 Å². The monoisotopic (exact) mass is 454 g/mol. The van der Waals surface area contributed by atoms with Crippen LogP contribution in [0.1, 0.15) is 62.4 Å². The Morgan fingerprint density at radius 2 is 2.27 bits per heavy atom. The summed E-state index contributed by atoms with van der Waals surface area (Å²) in [6.07, 6.45) is 7.13. The fourth-order valence-corrected chi connectivity index (χ4v) is 4.48. The highest BCUT2D eigenvalue weighted by molar-refractivity contribution is 5.81. The molecular formula is C23H30N6O4. The third-order valence-electron chi connectivity index (χ3n) is 6.65. The number of hydrogen-bond acceptors (Lipinski definition) is 7. The summed E-state index contributed by atoms with van der Waals surface area (Å²) in [7, 11) is 0. The minimum Gasteiger partial charge on any atom is -0.444 e. The van der Waals surface area contributed by atoms with Gasteiger partial charge in [-0.25, -0.2) is 4.79 Å². The molecule has 176 valence electrons. The van der Waals surface area contributed by atoms with Gasteiger partial charge in [-0.2, -0.15) is 5.10 Å². The lowest BCUT2D eigenvalue weighted by Crippen LogP contribution is -2.37. The topological polar surface area (TPSA) is 121 Å². The summed E-state index contributed by atoms with van der Waals surface area (Å²) in [5.41, 5.74) is 1.75. The second-order valence-corrected chi connectivity index (χ2v) is 9.36. The predicted molar refractivity (Wildman–Crippen MR) is 119 cm³/mol. The number of H-pyrrole nitrogens is 1. The van der Waals surface area contributed by atoms with E-state index in [0.29, 0.717) is 18.8 Å². The van der Waals surface area contributed by atoms with Gasteiger partial charge in [-0.1, -0.05) is 6.07 Å². The normalized spacial score (nSPS) is 25.6. The van der Waals surface area contributed by atoms with Gasteiger partial charge >= 0.3 is 6.09 Å². The molecular weight excluding hydrogens is 424 g/mol. The molecule has 3 aliphatic rings. The van der Waals surface area contributed by atoms with Crippen molar-refractivity contribution in [2.45, 2.75) is 62.8 Å². The average Bonchev–Trinajstić information content (AvgIpc) is 3.27. The molecule has 5 rings (SSSR count). The Kier molecular flexibility index (Phi) is 5.92. The van der Waals surface area contributed by atoms with Crippen LogP contribution in [0.15, 0.2) is 30.6 Å². The molecule has 2 saturated heterocycles. The number of anilines is 1. The van der Waals surface area contributed by atoms with Crippen molar-refractivity contribution in [2.75, 3.05) is 25.0 Å². The standard InChI is InChI=1S/C23H30N6O4/c1-23(6-7-23)26-22(31)33-16-10-19(32-14-16)17-11-20(28-27-17)25-13-21(30)29-9-3-5-18(29)15-4-2-8-24-12-15/h2,4,8,11-12,16,18-19H,3,5-7,9-10,13-14H2,1H3,(H,26,31)(H2,25,27,28)/t16-,18-,19-/m1/s1. The van der Waals surface area contributed by atoms with Crippen LogP contribution in [-0.4, -0.2) is 63.4 Å². The second kappa shape index (κ2) is 9.01. The van der Waals surface area contributed by atoms with Crippen LogP contribution in [0.5, 0.6) is 0 Å². The van der Waals surface area contributed by atoms with Gasteiger partial charge in [-0.3, -0.25) is 14.9 Å². The maximum Gasteiger partial charge on any atom is 0.407 e. The highest BCUT2D eigenvalue weighted by atomic mass is 16.6. The molecule has 10 heteroatoms. The van der Waals surface area contributed by atoms with Crippen LogP contribution in [0.25, 0.3) is 0 Å². The van der Waals surface area contributed by atoms with E-state index in [1.165, 1.54) is 0 Å². The molecule has 0 radical (unpaired) electrons. The van der Waals surface area contributed by atoms with E-state index in [1.807, 2.05) is 36.2 Å². The molecule has 0 bridgehead atoms. The summed E-state index contributed by atoms with van der Waals surface area (Å²) < 4.78 is 11.3. The molecule has 1 saturated carbocycles. The summed E-state index contributed by atoms with van der Waals surface area (Å²) >= 11 is 0. The van der Waals surface area contributed by atoms with E-state index in [0.717, 1.165) is 43.5 Å². The Morgan fingerprint density at radius 1 is 1.39 bits per heavy atom. The summed E-state index contributed by atoms with van der Waals surface area (Å²) in [4.78, 5) is 31.0. The fraction of sp³-hybridized carbons (Fsp3) is 0.565. The maximum absolute atomic E-state index is 12.8. The van der Waals surface area contributed by atoms with Crippen molar-refractivity contribution in [1.29, 1.82) is 0 Å². The molecule has 3 atom stereocenters. The van der Waals surface area contributed by atoms with Gasteiger partial charge in [0, 0.05) is 37.0 Å². The van der Waals surface area contributed by atoms with Crippen LogP contribution < -0.4 is 10.6 Å². The Balaban J connectivity index is 1.10. The van der Waals surface area contributed by atoms with Crippen molar-refractivity contribution < 1.29 is 19.1 Å². The summed E-state index contributed by atoms with van der Waals surface area (Å²) in [6, 6.07) is 5.84. The predicted octanol–water partition coefficient (Wildman–Crippen LogP) is 2.69. The van der Waals surface area contributed by atoms with Crippen molar-refractivity contribution in [3.8, 4) is 0 Å². The van der Waals surface area contributed by atoms with E-state index in [4.69, 9.17) is 9.47 Å². The van der Waals surface area contributed by atoms with Crippen LogP contribution in [0.4, 0.5) is 10.6 Å². The molecule has 33 heavy (non-hydrogen) atoms. The van der Waals surface area contributed by atoms with Crippen molar-refractivity contribution in [3.63, 3.8) is 0 Å². The number of pyridine rings is 1. The number of nitrogens with zero attached hydrogens (tertiary/aromatic N) is 3. The minimum absolute atomic E-state index is 0.0341. The molecule has 4 heterocycles. The van der Waals surface area contributed by atoms with Crippen LogP contribution in [0.3, 0.4) is 0 Å². The number of alkyl carbamates (subject to hydrolysis) is 1. The first-order valence-electron chi connectivity index (χ1n) is 11.6. The number of aromatic nitrogens is 3. The van der Waals surface area contributed by atoms with Gasteiger partial charge in [-0.05, 0) is 44.2 Å². The first-order chi connectivity index (χ1) is 16.0. The van der Waals surface area contributed by atoms with Gasteiger partial charge in [0.1, 0.15) is 18.0 Å². The van der Waals surface area contributed by atoms with Crippen molar-refractivity contribution in [3.05, 3.63) is 41.9 Å². The molecule has 0 aromatic carbocycles. The average molecular weight is 455 g/mol.